The van der Waals surface area contributed by atoms with Crippen molar-refractivity contribution < 1.29 is 14.2 Å². The SMILES string of the molecule is CC.Cc1[nH]nc2cnc(OC(C)CCOCCCOCc3ccccc3)cc12. The number of nitrogens with one attached hydrogen (secondary N) is 1. The minimum atomic E-state index is 0.0384. The average Bonchev–Trinajstić information content (AvgIpc) is 3.12. The van der Waals surface area contributed by atoms with Crippen LogP contribution in [0.3, 0.4) is 0 Å². The molecular weight excluding hydrogens is 366 g/mol. The molecule has 2 heterocycles. The van der Waals surface area contributed by atoms with Crippen molar-refractivity contribution in [3.05, 3.63) is 53.9 Å². The molecule has 1 N–H and O–H groups in total. The summed E-state index contributed by atoms with van der Waals surface area (Å²) in [7, 11) is 0. The lowest BCUT2D eigenvalue weighted by atomic mass is 10.2. The summed E-state index contributed by atoms with van der Waals surface area (Å²) < 4.78 is 17.2. The Morgan fingerprint density at radius 1 is 1.03 bits per heavy atom. The summed E-state index contributed by atoms with van der Waals surface area (Å²) in [5.41, 5.74) is 3.06. The van der Waals surface area contributed by atoms with Crippen LogP contribution in [-0.2, 0) is 16.1 Å². The molecule has 0 aliphatic rings. The lowest BCUT2D eigenvalue weighted by molar-refractivity contribution is 0.0632. The van der Waals surface area contributed by atoms with E-state index in [0.29, 0.717) is 32.3 Å². The van der Waals surface area contributed by atoms with Gasteiger partial charge in [0, 0.05) is 36.8 Å². The first-order valence-corrected chi connectivity index (χ1v) is 10.4. The van der Waals surface area contributed by atoms with Crippen molar-refractivity contribution in [1.29, 1.82) is 0 Å². The third kappa shape index (κ3) is 7.83. The summed E-state index contributed by atoms with van der Waals surface area (Å²) in [4.78, 5) is 4.30. The van der Waals surface area contributed by atoms with Gasteiger partial charge in [-0.25, -0.2) is 4.98 Å². The fraction of sp³-hybridized carbons (Fsp3) is 0.478. The Bertz CT molecular complexity index is 821. The maximum Gasteiger partial charge on any atom is 0.214 e. The van der Waals surface area contributed by atoms with Crippen LogP contribution in [0, 0.1) is 6.92 Å². The van der Waals surface area contributed by atoms with Gasteiger partial charge in [-0.3, -0.25) is 5.10 Å². The Morgan fingerprint density at radius 2 is 1.79 bits per heavy atom. The number of aryl methyl sites for hydroxylation is 1. The first-order valence-electron chi connectivity index (χ1n) is 10.4. The van der Waals surface area contributed by atoms with Crippen LogP contribution in [0.1, 0.15) is 44.9 Å². The number of benzene rings is 1. The number of nitrogens with zero attached hydrogens (tertiary/aromatic N) is 2. The first-order chi connectivity index (χ1) is 14.2. The molecular formula is C23H33N3O3. The Balaban J connectivity index is 0.00000145. The summed E-state index contributed by atoms with van der Waals surface area (Å²) in [6.45, 7) is 10.7. The van der Waals surface area contributed by atoms with E-state index in [1.165, 1.54) is 5.56 Å². The molecule has 0 radical (unpaired) electrons. The molecule has 0 saturated carbocycles. The fourth-order valence-electron chi connectivity index (χ4n) is 2.73. The van der Waals surface area contributed by atoms with E-state index in [-0.39, 0.29) is 6.10 Å². The highest BCUT2D eigenvalue weighted by Crippen LogP contribution is 2.20. The summed E-state index contributed by atoms with van der Waals surface area (Å²) in [6.07, 6.45) is 3.47. The summed E-state index contributed by atoms with van der Waals surface area (Å²) in [6, 6.07) is 12.1. The highest BCUT2D eigenvalue weighted by molar-refractivity contribution is 5.81. The average molecular weight is 400 g/mol. The maximum atomic E-state index is 5.88. The van der Waals surface area contributed by atoms with Crippen molar-refractivity contribution in [3.8, 4) is 5.88 Å². The van der Waals surface area contributed by atoms with Gasteiger partial charge in [-0.1, -0.05) is 44.2 Å². The third-order valence-electron chi connectivity index (χ3n) is 4.29. The molecule has 0 aliphatic carbocycles. The van der Waals surface area contributed by atoms with E-state index in [4.69, 9.17) is 14.2 Å². The molecule has 1 unspecified atom stereocenters. The number of H-pyrrole nitrogens is 1. The minimum absolute atomic E-state index is 0.0384. The smallest absolute Gasteiger partial charge is 0.214 e. The van der Waals surface area contributed by atoms with Gasteiger partial charge < -0.3 is 14.2 Å². The van der Waals surface area contributed by atoms with Crippen molar-refractivity contribution >= 4 is 10.9 Å². The monoisotopic (exact) mass is 399 g/mol. The van der Waals surface area contributed by atoms with Gasteiger partial charge in [0.15, 0.2) is 0 Å². The quantitative estimate of drug-likeness (QED) is 0.456. The minimum Gasteiger partial charge on any atom is -0.475 e. The molecule has 29 heavy (non-hydrogen) atoms. The second kappa shape index (κ2) is 12.9. The molecule has 0 spiro atoms. The van der Waals surface area contributed by atoms with E-state index in [2.05, 4.69) is 27.3 Å². The lowest BCUT2D eigenvalue weighted by Gasteiger charge is -2.14. The van der Waals surface area contributed by atoms with E-state index in [1.807, 2.05) is 52.0 Å². The number of pyridine rings is 1. The summed E-state index contributed by atoms with van der Waals surface area (Å²) >= 11 is 0. The predicted molar refractivity (Wildman–Crippen MR) is 116 cm³/mol. The van der Waals surface area contributed by atoms with Crippen LogP contribution in [0.25, 0.3) is 10.9 Å². The highest BCUT2D eigenvalue weighted by Gasteiger charge is 2.08. The highest BCUT2D eigenvalue weighted by atomic mass is 16.5. The van der Waals surface area contributed by atoms with Crippen LogP contribution in [0.2, 0.25) is 0 Å². The molecule has 0 aliphatic heterocycles. The van der Waals surface area contributed by atoms with Crippen LogP contribution in [0.15, 0.2) is 42.6 Å². The van der Waals surface area contributed by atoms with Crippen molar-refractivity contribution in [2.24, 2.45) is 0 Å². The first kappa shape index (κ1) is 22.8. The number of rotatable bonds is 11. The van der Waals surface area contributed by atoms with Gasteiger partial charge in [0.25, 0.3) is 0 Å². The van der Waals surface area contributed by atoms with Gasteiger partial charge in [0.1, 0.15) is 5.52 Å². The van der Waals surface area contributed by atoms with Gasteiger partial charge in [0.2, 0.25) is 5.88 Å². The number of aromatic nitrogens is 3. The second-order valence-electron chi connectivity index (χ2n) is 6.61. The van der Waals surface area contributed by atoms with Crippen LogP contribution in [-0.4, -0.2) is 41.1 Å². The van der Waals surface area contributed by atoms with E-state index in [9.17, 15) is 0 Å². The van der Waals surface area contributed by atoms with Gasteiger partial charge in [0.05, 0.1) is 25.5 Å². The third-order valence-corrected chi connectivity index (χ3v) is 4.29. The normalized spacial score (nSPS) is 11.7. The van der Waals surface area contributed by atoms with Crippen LogP contribution < -0.4 is 4.74 Å². The fourth-order valence-corrected chi connectivity index (χ4v) is 2.73. The molecule has 0 bridgehead atoms. The number of aromatic amines is 1. The van der Waals surface area contributed by atoms with E-state index in [0.717, 1.165) is 29.4 Å². The number of hydrogen-bond acceptors (Lipinski definition) is 5. The Labute approximate surface area is 173 Å². The molecule has 6 nitrogen and oxygen atoms in total. The molecule has 0 saturated heterocycles. The maximum absolute atomic E-state index is 5.88. The topological polar surface area (TPSA) is 69.3 Å². The van der Waals surface area contributed by atoms with Gasteiger partial charge in [-0.2, -0.15) is 5.10 Å². The molecule has 3 aromatic rings. The van der Waals surface area contributed by atoms with Crippen molar-refractivity contribution in [3.63, 3.8) is 0 Å². The van der Waals surface area contributed by atoms with Crippen LogP contribution >= 0.6 is 0 Å². The van der Waals surface area contributed by atoms with E-state index in [1.54, 1.807) is 6.20 Å². The van der Waals surface area contributed by atoms with Crippen molar-refractivity contribution in [2.45, 2.75) is 53.2 Å². The van der Waals surface area contributed by atoms with E-state index < -0.39 is 0 Å². The molecule has 1 aromatic carbocycles. The van der Waals surface area contributed by atoms with Gasteiger partial charge >= 0.3 is 0 Å². The molecule has 158 valence electrons. The number of fused-ring (bicyclic) bond motifs is 1. The summed E-state index contributed by atoms with van der Waals surface area (Å²) in [5.74, 6) is 0.619. The number of hydrogen-bond donors (Lipinski definition) is 1. The molecule has 1 atom stereocenters. The molecule has 2 aromatic heterocycles. The Kier molecular flexibility index (Phi) is 10.2. The summed E-state index contributed by atoms with van der Waals surface area (Å²) in [5, 5.41) is 8.17. The Hall–Kier alpha value is -2.44. The van der Waals surface area contributed by atoms with Crippen molar-refractivity contribution in [2.75, 3.05) is 19.8 Å². The molecule has 0 fully saturated rings. The Morgan fingerprint density at radius 3 is 2.59 bits per heavy atom. The molecule has 3 rings (SSSR count). The van der Waals surface area contributed by atoms with Crippen LogP contribution in [0.4, 0.5) is 0 Å². The van der Waals surface area contributed by atoms with E-state index >= 15 is 0 Å². The molecule has 0 amide bonds. The zero-order valence-corrected chi connectivity index (χ0v) is 18.0. The van der Waals surface area contributed by atoms with Gasteiger partial charge in [-0.15, -0.1) is 0 Å². The van der Waals surface area contributed by atoms with Gasteiger partial charge in [-0.05, 0) is 25.8 Å². The zero-order valence-electron chi connectivity index (χ0n) is 18.0. The largest absolute Gasteiger partial charge is 0.475 e. The number of ether oxygens (including phenoxy) is 3. The predicted octanol–water partition coefficient (Wildman–Crippen LogP) is 5.07. The lowest BCUT2D eigenvalue weighted by Crippen LogP contribution is -2.16. The standard InChI is InChI=1S/C21H27N3O3.C2H6/c1-16(27-21-13-19-17(2)23-24-20(19)14-22-21)9-12-25-10-6-11-26-15-18-7-4-3-5-8-18;1-2/h3-5,7-8,13-14,16H,6,9-12,15H2,1-2H3,(H,23,24);1-2H3. The van der Waals surface area contributed by atoms with Crippen LogP contribution in [0.5, 0.6) is 5.88 Å². The molecule has 6 heteroatoms. The second-order valence-corrected chi connectivity index (χ2v) is 6.61. The zero-order chi connectivity index (χ0) is 20.9. The van der Waals surface area contributed by atoms with Crippen molar-refractivity contribution in [1.82, 2.24) is 15.2 Å².